The average molecular weight is 234 g/mol. The van der Waals surface area contributed by atoms with Crippen molar-refractivity contribution in [2.24, 2.45) is 0 Å². The van der Waals surface area contributed by atoms with Crippen LogP contribution in [0, 0.1) is 0 Å². The van der Waals surface area contributed by atoms with Gasteiger partial charge in [0.25, 0.3) is 0 Å². The summed E-state index contributed by atoms with van der Waals surface area (Å²) in [6, 6.07) is 9.50. The summed E-state index contributed by atoms with van der Waals surface area (Å²) < 4.78 is 0. The molecule has 2 nitrogen and oxygen atoms in total. The third-order valence-corrected chi connectivity index (χ3v) is 2.77. The Bertz CT molecular complexity index is 516. The molecule has 0 bridgehead atoms. The number of aromatic nitrogens is 1. The Balaban J connectivity index is 2.54. The van der Waals surface area contributed by atoms with Gasteiger partial charge < -0.3 is 4.98 Å². The van der Waals surface area contributed by atoms with Crippen molar-refractivity contribution in [1.29, 1.82) is 0 Å². The minimum Gasteiger partial charge on any atom is -0.356 e. The summed E-state index contributed by atoms with van der Waals surface area (Å²) >= 11 is 5.93. The fourth-order valence-corrected chi connectivity index (χ4v) is 1.90. The van der Waals surface area contributed by atoms with Crippen LogP contribution in [0.25, 0.3) is 11.1 Å². The van der Waals surface area contributed by atoms with Crippen molar-refractivity contribution in [3.05, 3.63) is 46.7 Å². The highest BCUT2D eigenvalue weighted by molar-refractivity contribution is 6.30. The lowest BCUT2D eigenvalue weighted by Gasteiger charge is -1.99. The summed E-state index contributed by atoms with van der Waals surface area (Å²) in [5, 5.41) is 0.675. The van der Waals surface area contributed by atoms with E-state index in [2.05, 4.69) is 4.98 Å². The first kappa shape index (κ1) is 11.0. The van der Waals surface area contributed by atoms with E-state index in [9.17, 15) is 4.79 Å². The number of rotatable bonds is 3. The summed E-state index contributed by atoms with van der Waals surface area (Å²) in [4.78, 5) is 14.0. The number of H-pyrrole nitrogens is 1. The molecule has 0 amide bonds. The van der Waals surface area contributed by atoms with Crippen molar-refractivity contribution in [2.45, 2.75) is 13.3 Å². The molecular formula is C13H12ClNO. The quantitative estimate of drug-likeness (QED) is 0.806. The SMILES string of the molecule is CCc1cc(-c2cccc(Cl)c2)c(C=O)[nH]1. The summed E-state index contributed by atoms with van der Waals surface area (Å²) in [6.07, 6.45) is 1.72. The van der Waals surface area contributed by atoms with E-state index < -0.39 is 0 Å². The molecule has 1 N–H and O–H groups in total. The zero-order valence-electron chi connectivity index (χ0n) is 8.96. The summed E-state index contributed by atoms with van der Waals surface area (Å²) in [6.45, 7) is 2.04. The summed E-state index contributed by atoms with van der Waals surface area (Å²) in [5.41, 5.74) is 3.54. The smallest absolute Gasteiger partial charge is 0.166 e. The van der Waals surface area contributed by atoms with E-state index in [0.29, 0.717) is 10.7 Å². The molecule has 0 saturated heterocycles. The minimum absolute atomic E-state index is 0.610. The molecular weight excluding hydrogens is 222 g/mol. The molecule has 0 atom stereocenters. The minimum atomic E-state index is 0.610. The van der Waals surface area contributed by atoms with E-state index in [1.807, 2.05) is 37.3 Å². The van der Waals surface area contributed by atoms with Gasteiger partial charge in [0, 0.05) is 16.3 Å². The maximum atomic E-state index is 11.0. The second-order valence-corrected chi connectivity index (χ2v) is 4.04. The van der Waals surface area contributed by atoms with Crippen LogP contribution in [0.5, 0.6) is 0 Å². The van der Waals surface area contributed by atoms with E-state index in [1.165, 1.54) is 0 Å². The normalized spacial score (nSPS) is 10.4. The van der Waals surface area contributed by atoms with Crippen LogP contribution in [-0.4, -0.2) is 11.3 Å². The molecule has 16 heavy (non-hydrogen) atoms. The number of aldehydes is 1. The lowest BCUT2D eigenvalue weighted by Crippen LogP contribution is -1.84. The molecule has 1 aromatic heterocycles. The molecule has 2 rings (SSSR count). The van der Waals surface area contributed by atoms with Crippen molar-refractivity contribution in [1.82, 2.24) is 4.98 Å². The first-order chi connectivity index (χ1) is 7.74. The van der Waals surface area contributed by atoms with Crippen LogP contribution in [-0.2, 0) is 6.42 Å². The molecule has 0 unspecified atom stereocenters. The van der Waals surface area contributed by atoms with E-state index in [4.69, 9.17) is 11.6 Å². The first-order valence-corrected chi connectivity index (χ1v) is 5.55. The number of nitrogens with one attached hydrogen (secondary N) is 1. The number of carbonyl (C=O) groups excluding carboxylic acids is 1. The lowest BCUT2D eigenvalue weighted by atomic mass is 10.1. The Kier molecular flexibility index (Phi) is 3.11. The third-order valence-electron chi connectivity index (χ3n) is 2.54. The number of carbonyl (C=O) groups is 1. The Hall–Kier alpha value is -1.54. The maximum absolute atomic E-state index is 11.0. The number of hydrogen-bond donors (Lipinski definition) is 1. The molecule has 82 valence electrons. The van der Waals surface area contributed by atoms with E-state index in [-0.39, 0.29) is 0 Å². The second-order valence-electron chi connectivity index (χ2n) is 3.60. The van der Waals surface area contributed by atoms with Crippen LogP contribution < -0.4 is 0 Å². The molecule has 1 heterocycles. The van der Waals surface area contributed by atoms with E-state index in [1.54, 1.807) is 0 Å². The largest absolute Gasteiger partial charge is 0.356 e. The zero-order valence-corrected chi connectivity index (χ0v) is 9.71. The van der Waals surface area contributed by atoms with Crippen molar-refractivity contribution in [3.63, 3.8) is 0 Å². The highest BCUT2D eigenvalue weighted by Gasteiger charge is 2.08. The Morgan fingerprint density at radius 1 is 1.38 bits per heavy atom. The van der Waals surface area contributed by atoms with Gasteiger partial charge in [0.15, 0.2) is 6.29 Å². The molecule has 0 aliphatic heterocycles. The van der Waals surface area contributed by atoms with Gasteiger partial charge in [-0.2, -0.15) is 0 Å². The fourth-order valence-electron chi connectivity index (χ4n) is 1.71. The van der Waals surface area contributed by atoms with Gasteiger partial charge in [-0.05, 0) is 30.2 Å². The number of aromatic amines is 1. The summed E-state index contributed by atoms with van der Waals surface area (Å²) in [7, 11) is 0. The van der Waals surface area contributed by atoms with Crippen LogP contribution in [0.4, 0.5) is 0 Å². The van der Waals surface area contributed by atoms with Gasteiger partial charge in [-0.25, -0.2) is 0 Å². The Morgan fingerprint density at radius 3 is 2.81 bits per heavy atom. The maximum Gasteiger partial charge on any atom is 0.166 e. The zero-order chi connectivity index (χ0) is 11.5. The monoisotopic (exact) mass is 233 g/mol. The molecule has 0 radical (unpaired) electrons. The summed E-state index contributed by atoms with van der Waals surface area (Å²) in [5.74, 6) is 0. The second kappa shape index (κ2) is 4.54. The lowest BCUT2D eigenvalue weighted by molar-refractivity contribution is 0.112. The Labute approximate surface area is 99.3 Å². The molecule has 2 aromatic rings. The Morgan fingerprint density at radius 2 is 2.19 bits per heavy atom. The van der Waals surface area contributed by atoms with Gasteiger partial charge in [-0.15, -0.1) is 0 Å². The fraction of sp³-hybridized carbons (Fsp3) is 0.154. The standard InChI is InChI=1S/C13H12ClNO/c1-2-11-7-12(13(8-16)15-11)9-4-3-5-10(14)6-9/h3-8,15H,2H2,1H3. The molecule has 0 aliphatic carbocycles. The topological polar surface area (TPSA) is 32.9 Å². The van der Waals surface area contributed by atoms with E-state index in [0.717, 1.165) is 29.5 Å². The van der Waals surface area contributed by atoms with Crippen molar-refractivity contribution in [2.75, 3.05) is 0 Å². The number of aryl methyl sites for hydroxylation is 1. The third kappa shape index (κ3) is 2.02. The first-order valence-electron chi connectivity index (χ1n) is 5.17. The van der Waals surface area contributed by atoms with Crippen molar-refractivity contribution in [3.8, 4) is 11.1 Å². The molecule has 3 heteroatoms. The number of benzene rings is 1. The van der Waals surface area contributed by atoms with Crippen LogP contribution in [0.3, 0.4) is 0 Å². The predicted octanol–water partition coefficient (Wildman–Crippen LogP) is 3.71. The van der Waals surface area contributed by atoms with E-state index >= 15 is 0 Å². The molecule has 0 saturated carbocycles. The molecule has 0 fully saturated rings. The number of halogens is 1. The predicted molar refractivity (Wildman–Crippen MR) is 66.0 cm³/mol. The van der Waals surface area contributed by atoms with Crippen molar-refractivity contribution >= 4 is 17.9 Å². The molecule has 0 spiro atoms. The van der Waals surface area contributed by atoms with Gasteiger partial charge in [0.2, 0.25) is 0 Å². The van der Waals surface area contributed by atoms with Crippen LogP contribution in [0.1, 0.15) is 23.1 Å². The van der Waals surface area contributed by atoms with Gasteiger partial charge >= 0.3 is 0 Å². The van der Waals surface area contributed by atoms with Crippen LogP contribution in [0.2, 0.25) is 5.02 Å². The van der Waals surface area contributed by atoms with Crippen LogP contribution >= 0.6 is 11.6 Å². The van der Waals surface area contributed by atoms with Gasteiger partial charge in [-0.3, -0.25) is 4.79 Å². The average Bonchev–Trinajstić information content (AvgIpc) is 2.72. The van der Waals surface area contributed by atoms with Gasteiger partial charge in [0.1, 0.15) is 0 Å². The number of hydrogen-bond acceptors (Lipinski definition) is 1. The van der Waals surface area contributed by atoms with Gasteiger partial charge in [-0.1, -0.05) is 30.7 Å². The highest BCUT2D eigenvalue weighted by Crippen LogP contribution is 2.26. The highest BCUT2D eigenvalue weighted by atomic mass is 35.5. The van der Waals surface area contributed by atoms with Gasteiger partial charge in [0.05, 0.1) is 5.69 Å². The van der Waals surface area contributed by atoms with Crippen LogP contribution in [0.15, 0.2) is 30.3 Å². The molecule has 1 aromatic carbocycles. The molecule has 0 aliphatic rings. The van der Waals surface area contributed by atoms with Crippen molar-refractivity contribution < 1.29 is 4.79 Å².